The molecule has 0 spiro atoms. The van der Waals surface area contributed by atoms with Gasteiger partial charge in [-0.3, -0.25) is 9.59 Å². The van der Waals surface area contributed by atoms with E-state index in [2.05, 4.69) is 4.98 Å². The van der Waals surface area contributed by atoms with Crippen LogP contribution in [0.4, 0.5) is 0 Å². The summed E-state index contributed by atoms with van der Waals surface area (Å²) in [4.78, 5) is 33.3. The van der Waals surface area contributed by atoms with Gasteiger partial charge in [0.25, 0.3) is 5.91 Å². The third kappa shape index (κ3) is 3.36. The molecule has 7 heteroatoms. The number of thiazole rings is 1. The highest BCUT2D eigenvalue weighted by Gasteiger charge is 2.25. The number of hydrogen-bond acceptors (Lipinski definition) is 5. The Bertz CT molecular complexity index is 658. The van der Waals surface area contributed by atoms with Crippen molar-refractivity contribution in [3.8, 4) is 0 Å². The van der Waals surface area contributed by atoms with Crippen LogP contribution in [-0.2, 0) is 11.2 Å². The van der Waals surface area contributed by atoms with Crippen molar-refractivity contribution < 1.29 is 9.59 Å². The molecule has 5 nitrogen and oxygen atoms in total. The highest BCUT2D eigenvalue weighted by atomic mass is 32.1. The van der Waals surface area contributed by atoms with Crippen LogP contribution in [0.3, 0.4) is 0 Å². The fraction of sp³-hybridized carbons (Fsp3) is 0.400. The molecule has 0 atom stereocenters. The Balaban J connectivity index is 1.53. The summed E-state index contributed by atoms with van der Waals surface area (Å²) in [6, 6.07) is 3.72. The number of piperazine rings is 1. The molecule has 0 aliphatic carbocycles. The topological polar surface area (TPSA) is 53.5 Å². The van der Waals surface area contributed by atoms with E-state index in [1.807, 2.05) is 39.6 Å². The Kier molecular flexibility index (Phi) is 4.54. The summed E-state index contributed by atoms with van der Waals surface area (Å²) in [5, 5.41) is 4.82. The second-order valence-corrected chi connectivity index (χ2v) is 7.19. The number of thiophene rings is 1. The van der Waals surface area contributed by atoms with E-state index >= 15 is 0 Å². The van der Waals surface area contributed by atoms with Crippen LogP contribution in [0.15, 0.2) is 22.9 Å². The van der Waals surface area contributed by atoms with Crippen LogP contribution in [0.1, 0.15) is 20.4 Å². The number of aromatic nitrogens is 1. The van der Waals surface area contributed by atoms with E-state index < -0.39 is 0 Å². The molecule has 0 aromatic carbocycles. The third-order valence-corrected chi connectivity index (χ3v) is 5.33. The lowest BCUT2D eigenvalue weighted by Crippen LogP contribution is -2.50. The number of aryl methyl sites for hydroxylation is 1. The van der Waals surface area contributed by atoms with Crippen LogP contribution in [0.2, 0.25) is 0 Å². The molecule has 2 aromatic rings. The minimum Gasteiger partial charge on any atom is -0.339 e. The zero-order valence-electron chi connectivity index (χ0n) is 12.3. The highest BCUT2D eigenvalue weighted by molar-refractivity contribution is 7.12. The summed E-state index contributed by atoms with van der Waals surface area (Å²) in [5.74, 6) is 0.158. The lowest BCUT2D eigenvalue weighted by molar-refractivity contribution is -0.132. The van der Waals surface area contributed by atoms with E-state index in [0.717, 1.165) is 15.6 Å². The van der Waals surface area contributed by atoms with E-state index in [-0.39, 0.29) is 11.8 Å². The van der Waals surface area contributed by atoms with Gasteiger partial charge in [-0.2, -0.15) is 0 Å². The Hall–Kier alpha value is -1.73. The predicted octanol–water partition coefficient (Wildman–Crippen LogP) is 2.04. The summed E-state index contributed by atoms with van der Waals surface area (Å²) >= 11 is 3.02. The number of hydrogen-bond donors (Lipinski definition) is 0. The summed E-state index contributed by atoms with van der Waals surface area (Å²) in [6.07, 6.45) is 0.350. The number of amides is 2. The lowest BCUT2D eigenvalue weighted by Gasteiger charge is -2.34. The molecule has 0 N–H and O–H groups in total. The first kappa shape index (κ1) is 15.2. The molecule has 3 heterocycles. The van der Waals surface area contributed by atoms with Crippen LogP contribution in [0, 0.1) is 6.92 Å². The zero-order chi connectivity index (χ0) is 15.5. The molecule has 1 aliphatic heterocycles. The molecule has 1 aliphatic rings. The SMILES string of the molecule is Cc1nc(CC(=O)N2CCN(C(=O)c3cccs3)CC2)cs1. The van der Waals surface area contributed by atoms with E-state index in [0.29, 0.717) is 32.6 Å². The van der Waals surface area contributed by atoms with Gasteiger partial charge in [0.15, 0.2) is 0 Å². The van der Waals surface area contributed by atoms with E-state index in [4.69, 9.17) is 0 Å². The van der Waals surface area contributed by atoms with Gasteiger partial charge in [-0.25, -0.2) is 4.98 Å². The average molecular weight is 335 g/mol. The molecule has 0 radical (unpaired) electrons. The molecule has 3 rings (SSSR count). The van der Waals surface area contributed by atoms with Crippen LogP contribution in [0.5, 0.6) is 0 Å². The molecule has 0 bridgehead atoms. The van der Waals surface area contributed by atoms with Gasteiger partial charge in [0.1, 0.15) is 0 Å². The first-order valence-corrected chi connectivity index (χ1v) is 8.91. The van der Waals surface area contributed by atoms with Crippen molar-refractivity contribution in [1.29, 1.82) is 0 Å². The summed E-state index contributed by atoms with van der Waals surface area (Å²) in [5.41, 5.74) is 0.838. The molecule has 22 heavy (non-hydrogen) atoms. The van der Waals surface area contributed by atoms with Crippen LogP contribution in [-0.4, -0.2) is 52.8 Å². The van der Waals surface area contributed by atoms with Crippen LogP contribution >= 0.6 is 22.7 Å². The lowest BCUT2D eigenvalue weighted by atomic mass is 10.2. The van der Waals surface area contributed by atoms with Gasteiger partial charge in [0, 0.05) is 31.6 Å². The minimum absolute atomic E-state index is 0.0669. The van der Waals surface area contributed by atoms with E-state index in [9.17, 15) is 9.59 Å². The van der Waals surface area contributed by atoms with Gasteiger partial charge >= 0.3 is 0 Å². The maximum atomic E-state index is 12.3. The molecule has 1 saturated heterocycles. The van der Waals surface area contributed by atoms with Crippen molar-refractivity contribution in [2.24, 2.45) is 0 Å². The second kappa shape index (κ2) is 6.58. The summed E-state index contributed by atoms with van der Waals surface area (Å²) in [6.45, 7) is 4.32. The minimum atomic E-state index is 0.0669. The third-order valence-electron chi connectivity index (χ3n) is 3.65. The maximum absolute atomic E-state index is 12.3. The van der Waals surface area contributed by atoms with Gasteiger partial charge in [-0.1, -0.05) is 6.07 Å². The van der Waals surface area contributed by atoms with Crippen molar-refractivity contribution in [2.45, 2.75) is 13.3 Å². The monoisotopic (exact) mass is 335 g/mol. The number of carbonyl (C=O) groups excluding carboxylic acids is 2. The first-order chi connectivity index (χ1) is 10.6. The fourth-order valence-corrected chi connectivity index (χ4v) is 3.77. The number of nitrogens with zero attached hydrogens (tertiary/aromatic N) is 3. The van der Waals surface area contributed by atoms with Gasteiger partial charge in [-0.15, -0.1) is 22.7 Å². The Morgan fingerprint density at radius 2 is 1.91 bits per heavy atom. The smallest absolute Gasteiger partial charge is 0.264 e. The molecular weight excluding hydrogens is 318 g/mol. The molecule has 2 aromatic heterocycles. The van der Waals surface area contributed by atoms with Gasteiger partial charge in [-0.05, 0) is 18.4 Å². The van der Waals surface area contributed by atoms with Crippen molar-refractivity contribution in [2.75, 3.05) is 26.2 Å². The quantitative estimate of drug-likeness (QED) is 0.862. The Morgan fingerprint density at radius 1 is 1.18 bits per heavy atom. The molecule has 1 fully saturated rings. The molecule has 2 amide bonds. The molecule has 116 valence electrons. The summed E-state index contributed by atoms with van der Waals surface area (Å²) in [7, 11) is 0. The van der Waals surface area contributed by atoms with Crippen molar-refractivity contribution in [1.82, 2.24) is 14.8 Å². The highest BCUT2D eigenvalue weighted by Crippen LogP contribution is 2.15. The molecular formula is C15H17N3O2S2. The largest absolute Gasteiger partial charge is 0.339 e. The average Bonchev–Trinajstić information content (AvgIpc) is 3.18. The number of rotatable bonds is 3. The van der Waals surface area contributed by atoms with Gasteiger partial charge in [0.2, 0.25) is 5.91 Å². The van der Waals surface area contributed by atoms with Crippen molar-refractivity contribution >= 4 is 34.5 Å². The second-order valence-electron chi connectivity index (χ2n) is 5.18. The van der Waals surface area contributed by atoms with Gasteiger partial charge in [0.05, 0.1) is 22.0 Å². The zero-order valence-corrected chi connectivity index (χ0v) is 14.0. The van der Waals surface area contributed by atoms with Crippen molar-refractivity contribution in [3.63, 3.8) is 0 Å². The van der Waals surface area contributed by atoms with Gasteiger partial charge < -0.3 is 9.80 Å². The van der Waals surface area contributed by atoms with Crippen LogP contribution < -0.4 is 0 Å². The maximum Gasteiger partial charge on any atom is 0.264 e. The first-order valence-electron chi connectivity index (χ1n) is 7.15. The molecule has 0 unspecified atom stereocenters. The van der Waals surface area contributed by atoms with E-state index in [1.54, 1.807) is 11.3 Å². The fourth-order valence-electron chi connectivity index (χ4n) is 2.47. The standard InChI is InChI=1S/C15H17N3O2S2/c1-11-16-12(10-22-11)9-14(19)17-4-6-18(7-5-17)15(20)13-3-2-8-21-13/h2-3,8,10H,4-7,9H2,1H3. The predicted molar refractivity (Wildman–Crippen MR) is 87.4 cm³/mol. The number of carbonyl (C=O) groups is 2. The van der Waals surface area contributed by atoms with E-state index in [1.165, 1.54) is 11.3 Å². The normalized spacial score (nSPS) is 15.1. The van der Waals surface area contributed by atoms with Crippen LogP contribution in [0.25, 0.3) is 0 Å². The molecule has 0 saturated carbocycles. The summed E-state index contributed by atoms with van der Waals surface area (Å²) < 4.78 is 0. The Morgan fingerprint density at radius 3 is 2.50 bits per heavy atom. The Labute approximate surface area is 137 Å². The van der Waals surface area contributed by atoms with Crippen molar-refractivity contribution in [3.05, 3.63) is 38.5 Å².